The molecule has 142 valence electrons. The Bertz CT molecular complexity index is 991. The summed E-state index contributed by atoms with van der Waals surface area (Å²) in [6.45, 7) is 6.93. The van der Waals surface area contributed by atoms with Gasteiger partial charge in [-0.15, -0.1) is 0 Å². The average molecular weight is 387 g/mol. The van der Waals surface area contributed by atoms with Crippen LogP contribution in [0.1, 0.15) is 32.3 Å². The molecule has 4 nitrogen and oxygen atoms in total. The molecule has 0 aliphatic rings. The largest absolute Gasteiger partial charge is 0.507 e. The molecule has 0 spiro atoms. The van der Waals surface area contributed by atoms with Gasteiger partial charge < -0.3 is 14.4 Å². The van der Waals surface area contributed by atoms with Crippen LogP contribution in [0.3, 0.4) is 0 Å². The monoisotopic (exact) mass is 386 g/mol. The van der Waals surface area contributed by atoms with Crippen molar-refractivity contribution in [3.8, 4) is 16.9 Å². The second kappa shape index (κ2) is 8.59. The molecule has 0 amide bonds. The lowest BCUT2D eigenvalue weighted by atomic mass is 10.0. The number of phenols is 1. The van der Waals surface area contributed by atoms with Gasteiger partial charge in [0, 0.05) is 10.6 Å². The quantitative estimate of drug-likeness (QED) is 0.644. The lowest BCUT2D eigenvalue weighted by molar-refractivity contribution is -0.913. The number of phenolic OH excluding ortho intramolecular Hbond substituents is 1. The zero-order valence-corrected chi connectivity index (χ0v) is 16.5. The Morgan fingerprint density at radius 1 is 1.04 bits per heavy atom. The van der Waals surface area contributed by atoms with Gasteiger partial charge in [0.15, 0.2) is 0 Å². The molecule has 2 aromatic carbocycles. The van der Waals surface area contributed by atoms with Crippen molar-refractivity contribution in [2.75, 3.05) is 13.1 Å². The summed E-state index contributed by atoms with van der Waals surface area (Å²) >= 11 is 6.25. The van der Waals surface area contributed by atoms with Gasteiger partial charge in [-0.25, -0.2) is 0 Å². The van der Waals surface area contributed by atoms with Crippen LogP contribution in [0.15, 0.2) is 51.9 Å². The van der Waals surface area contributed by atoms with Crippen molar-refractivity contribution in [1.29, 1.82) is 0 Å². The summed E-state index contributed by atoms with van der Waals surface area (Å²) in [7, 11) is 0. The van der Waals surface area contributed by atoms with E-state index in [2.05, 4.69) is 13.8 Å². The SMILES string of the molecule is CCC[NH+](CCC)Cc1c(O)ccc2c(=O)c(-c3ccccc3Cl)coc12. The molecular weight excluding hydrogens is 362 g/mol. The van der Waals surface area contributed by atoms with Crippen LogP contribution in [0.5, 0.6) is 5.75 Å². The normalized spacial score (nSPS) is 11.4. The summed E-state index contributed by atoms with van der Waals surface area (Å²) < 4.78 is 5.87. The highest BCUT2D eigenvalue weighted by molar-refractivity contribution is 6.33. The molecule has 0 radical (unpaired) electrons. The molecule has 3 aromatic rings. The molecule has 1 heterocycles. The van der Waals surface area contributed by atoms with Crippen molar-refractivity contribution in [2.24, 2.45) is 0 Å². The van der Waals surface area contributed by atoms with Gasteiger partial charge in [0.25, 0.3) is 0 Å². The maximum Gasteiger partial charge on any atom is 0.200 e. The summed E-state index contributed by atoms with van der Waals surface area (Å²) in [6.07, 6.45) is 3.57. The summed E-state index contributed by atoms with van der Waals surface area (Å²) in [6, 6.07) is 10.4. The van der Waals surface area contributed by atoms with Crippen molar-refractivity contribution >= 4 is 22.6 Å². The number of hydrogen-bond acceptors (Lipinski definition) is 3. The molecule has 0 saturated heterocycles. The molecule has 0 fully saturated rings. The zero-order valence-electron chi connectivity index (χ0n) is 15.7. The van der Waals surface area contributed by atoms with E-state index in [1.54, 1.807) is 24.3 Å². The number of benzene rings is 2. The number of quaternary nitrogens is 1. The second-order valence-corrected chi connectivity index (χ2v) is 7.23. The molecule has 0 aliphatic heterocycles. The molecular formula is C22H25ClNO3+. The average Bonchev–Trinajstić information content (AvgIpc) is 2.65. The van der Waals surface area contributed by atoms with Crippen LogP contribution in [-0.4, -0.2) is 18.2 Å². The van der Waals surface area contributed by atoms with Crippen LogP contribution in [-0.2, 0) is 6.54 Å². The van der Waals surface area contributed by atoms with Gasteiger partial charge in [-0.2, -0.15) is 0 Å². The van der Waals surface area contributed by atoms with Gasteiger partial charge in [0.05, 0.1) is 29.6 Å². The van der Waals surface area contributed by atoms with E-state index in [1.807, 2.05) is 12.1 Å². The van der Waals surface area contributed by atoms with Gasteiger partial charge in [-0.05, 0) is 31.0 Å². The maximum absolute atomic E-state index is 13.1. The molecule has 5 heteroatoms. The fraction of sp³-hybridized carbons (Fsp3) is 0.318. The summed E-state index contributed by atoms with van der Waals surface area (Å²) in [5.41, 5.74) is 2.08. The fourth-order valence-electron chi connectivity index (χ4n) is 3.54. The molecule has 0 atom stereocenters. The maximum atomic E-state index is 13.1. The Morgan fingerprint density at radius 2 is 1.74 bits per heavy atom. The first-order chi connectivity index (χ1) is 13.1. The van der Waals surface area contributed by atoms with Gasteiger partial charge in [0.2, 0.25) is 5.43 Å². The summed E-state index contributed by atoms with van der Waals surface area (Å²) in [5, 5.41) is 11.4. The third-order valence-electron chi connectivity index (χ3n) is 4.82. The lowest BCUT2D eigenvalue weighted by Crippen LogP contribution is -3.10. The van der Waals surface area contributed by atoms with E-state index < -0.39 is 0 Å². The topological polar surface area (TPSA) is 54.9 Å². The van der Waals surface area contributed by atoms with Crippen molar-refractivity contribution in [2.45, 2.75) is 33.2 Å². The first-order valence-electron chi connectivity index (χ1n) is 9.41. The minimum atomic E-state index is -0.141. The third-order valence-corrected chi connectivity index (χ3v) is 5.15. The number of halogens is 1. The Balaban J connectivity index is 2.12. The van der Waals surface area contributed by atoms with Crippen LogP contribution in [0.4, 0.5) is 0 Å². The van der Waals surface area contributed by atoms with E-state index in [0.29, 0.717) is 39.2 Å². The highest BCUT2D eigenvalue weighted by Crippen LogP contribution is 2.30. The van der Waals surface area contributed by atoms with Crippen molar-refractivity contribution in [1.82, 2.24) is 0 Å². The lowest BCUT2D eigenvalue weighted by Gasteiger charge is -2.19. The molecule has 2 N–H and O–H groups in total. The highest BCUT2D eigenvalue weighted by atomic mass is 35.5. The number of hydrogen-bond donors (Lipinski definition) is 2. The molecule has 0 aliphatic carbocycles. The van der Waals surface area contributed by atoms with Crippen LogP contribution >= 0.6 is 11.6 Å². The van der Waals surface area contributed by atoms with E-state index in [4.69, 9.17) is 16.0 Å². The van der Waals surface area contributed by atoms with Crippen LogP contribution in [0, 0.1) is 0 Å². The Morgan fingerprint density at radius 3 is 2.41 bits per heavy atom. The molecule has 0 bridgehead atoms. The fourth-order valence-corrected chi connectivity index (χ4v) is 3.78. The first kappa shape index (κ1) is 19.5. The van der Waals surface area contributed by atoms with Gasteiger partial charge in [-0.1, -0.05) is 43.6 Å². The number of fused-ring (bicyclic) bond motifs is 1. The van der Waals surface area contributed by atoms with Gasteiger partial charge in [-0.3, -0.25) is 4.79 Å². The van der Waals surface area contributed by atoms with Crippen LogP contribution in [0.25, 0.3) is 22.1 Å². The Labute approximate surface area is 164 Å². The number of aromatic hydroxyl groups is 1. The van der Waals surface area contributed by atoms with E-state index in [1.165, 1.54) is 11.2 Å². The van der Waals surface area contributed by atoms with E-state index in [0.717, 1.165) is 25.9 Å². The zero-order chi connectivity index (χ0) is 19.4. The standard InChI is InChI=1S/C22H24ClNO3/c1-3-11-24(12-4-2)13-17-20(25)10-9-16-21(26)18(14-27-22(16)17)15-7-5-6-8-19(15)23/h5-10,14,25H,3-4,11-13H2,1-2H3/p+1. The Hall–Kier alpha value is -2.30. The number of nitrogens with one attached hydrogen (secondary N) is 1. The third kappa shape index (κ3) is 4.02. The van der Waals surface area contributed by atoms with Crippen LogP contribution < -0.4 is 10.3 Å². The molecule has 3 rings (SSSR count). The minimum Gasteiger partial charge on any atom is -0.507 e. The summed E-state index contributed by atoms with van der Waals surface area (Å²) in [4.78, 5) is 14.4. The predicted molar refractivity (Wildman–Crippen MR) is 110 cm³/mol. The van der Waals surface area contributed by atoms with Crippen LogP contribution in [0.2, 0.25) is 5.02 Å². The smallest absolute Gasteiger partial charge is 0.200 e. The van der Waals surface area contributed by atoms with Crippen molar-refractivity contribution in [3.05, 3.63) is 63.5 Å². The summed E-state index contributed by atoms with van der Waals surface area (Å²) in [5.74, 6) is 0.167. The number of rotatable bonds is 7. The molecule has 1 aromatic heterocycles. The van der Waals surface area contributed by atoms with E-state index in [9.17, 15) is 9.90 Å². The van der Waals surface area contributed by atoms with Crippen molar-refractivity contribution in [3.63, 3.8) is 0 Å². The molecule has 0 unspecified atom stereocenters. The Kier molecular flexibility index (Phi) is 6.19. The predicted octanol–water partition coefficient (Wildman–Crippen LogP) is 4.02. The van der Waals surface area contributed by atoms with E-state index >= 15 is 0 Å². The van der Waals surface area contributed by atoms with Gasteiger partial charge >= 0.3 is 0 Å². The highest BCUT2D eigenvalue weighted by Gasteiger charge is 2.19. The second-order valence-electron chi connectivity index (χ2n) is 6.83. The molecule has 0 saturated carbocycles. The minimum absolute atomic E-state index is 0.141. The van der Waals surface area contributed by atoms with Crippen molar-refractivity contribution < 1.29 is 14.4 Å². The molecule has 27 heavy (non-hydrogen) atoms. The van der Waals surface area contributed by atoms with E-state index in [-0.39, 0.29) is 11.2 Å². The first-order valence-corrected chi connectivity index (χ1v) is 9.79. The van der Waals surface area contributed by atoms with Gasteiger partial charge in [0.1, 0.15) is 24.1 Å².